The molecule has 74 valence electrons. The lowest BCUT2D eigenvalue weighted by molar-refractivity contribution is 0.283. The molecule has 0 aliphatic carbocycles. The van der Waals surface area contributed by atoms with Crippen LogP contribution in [0.1, 0.15) is 5.56 Å². The van der Waals surface area contributed by atoms with E-state index in [0.29, 0.717) is 0 Å². The van der Waals surface area contributed by atoms with Gasteiger partial charge in [-0.05, 0) is 23.4 Å². The molecule has 2 rings (SSSR count). The maximum absolute atomic E-state index is 9.04. The van der Waals surface area contributed by atoms with Crippen molar-refractivity contribution in [1.82, 2.24) is 0 Å². The van der Waals surface area contributed by atoms with Gasteiger partial charge in [-0.2, -0.15) is 0 Å². The van der Waals surface area contributed by atoms with Crippen LogP contribution >= 0.6 is 0 Å². The first-order valence-electron chi connectivity index (χ1n) is 4.57. The summed E-state index contributed by atoms with van der Waals surface area (Å²) in [6, 6.07) is 14.0. The summed E-state index contributed by atoms with van der Waals surface area (Å²) in [5.41, 5.74) is 5.49. The Morgan fingerprint density at radius 3 is 2.36 bits per heavy atom. The molecule has 2 heteroatoms. The van der Waals surface area contributed by atoms with Crippen molar-refractivity contribution in [1.29, 1.82) is 0 Å². The number of fused-ring (bicyclic) bond motifs is 1. The maximum Gasteiger partial charge on any atom is 0.0687 e. The Morgan fingerprint density at radius 1 is 1.00 bits per heavy atom. The standard InChI is InChI=1S/C11H10O.CH5N/c12-8-10-6-3-5-9-4-1-2-7-11(9)10;1-2/h1-7,12H,8H2;2H2,1H3. The topological polar surface area (TPSA) is 46.2 Å². The van der Waals surface area contributed by atoms with E-state index >= 15 is 0 Å². The molecule has 0 aromatic heterocycles. The van der Waals surface area contributed by atoms with E-state index in [2.05, 4.69) is 17.9 Å². The molecule has 0 aliphatic heterocycles. The normalized spacial score (nSPS) is 9.36. The second-order valence-corrected chi connectivity index (χ2v) is 2.80. The summed E-state index contributed by atoms with van der Waals surface area (Å²) in [5, 5.41) is 11.4. The van der Waals surface area contributed by atoms with Crippen LogP contribution in [0.4, 0.5) is 0 Å². The van der Waals surface area contributed by atoms with E-state index < -0.39 is 0 Å². The number of rotatable bonds is 1. The molecule has 0 aliphatic rings. The van der Waals surface area contributed by atoms with E-state index in [1.807, 2.05) is 30.3 Å². The fraction of sp³-hybridized carbons (Fsp3) is 0.167. The summed E-state index contributed by atoms with van der Waals surface area (Å²) >= 11 is 0. The zero-order chi connectivity index (χ0) is 10.4. The lowest BCUT2D eigenvalue weighted by Crippen LogP contribution is -1.84. The van der Waals surface area contributed by atoms with E-state index in [1.54, 1.807) is 0 Å². The van der Waals surface area contributed by atoms with Gasteiger partial charge in [-0.25, -0.2) is 0 Å². The van der Waals surface area contributed by atoms with Crippen LogP contribution < -0.4 is 5.73 Å². The van der Waals surface area contributed by atoms with Gasteiger partial charge in [0.25, 0.3) is 0 Å². The third kappa shape index (κ3) is 2.10. The molecule has 2 aromatic rings. The van der Waals surface area contributed by atoms with Crippen molar-refractivity contribution in [3.8, 4) is 0 Å². The van der Waals surface area contributed by atoms with Gasteiger partial charge in [0.05, 0.1) is 6.61 Å². The zero-order valence-electron chi connectivity index (χ0n) is 8.27. The minimum absolute atomic E-state index is 0.112. The second kappa shape index (κ2) is 5.37. The highest BCUT2D eigenvalue weighted by Gasteiger charge is 1.96. The smallest absolute Gasteiger partial charge is 0.0687 e. The van der Waals surface area contributed by atoms with Gasteiger partial charge in [0.15, 0.2) is 0 Å². The first kappa shape index (κ1) is 10.7. The lowest BCUT2D eigenvalue weighted by atomic mass is 10.1. The maximum atomic E-state index is 9.04. The summed E-state index contributed by atoms with van der Waals surface area (Å²) in [5.74, 6) is 0. The number of aliphatic hydroxyl groups is 1. The molecule has 0 saturated carbocycles. The summed E-state index contributed by atoms with van der Waals surface area (Å²) < 4.78 is 0. The van der Waals surface area contributed by atoms with Crippen LogP contribution in [0.25, 0.3) is 10.8 Å². The average molecular weight is 189 g/mol. The van der Waals surface area contributed by atoms with Crippen molar-refractivity contribution in [2.75, 3.05) is 7.05 Å². The molecule has 0 bridgehead atoms. The molecule has 0 heterocycles. The van der Waals surface area contributed by atoms with Gasteiger partial charge < -0.3 is 10.8 Å². The molecule has 2 aromatic carbocycles. The van der Waals surface area contributed by atoms with Crippen LogP contribution in [0.2, 0.25) is 0 Å². The summed E-state index contributed by atoms with van der Waals surface area (Å²) in [6.45, 7) is 0.112. The Balaban J connectivity index is 0.000000461. The van der Waals surface area contributed by atoms with Crippen molar-refractivity contribution < 1.29 is 5.11 Å². The molecule has 0 atom stereocenters. The molecule has 0 fully saturated rings. The Labute approximate surface area is 84.0 Å². The zero-order valence-corrected chi connectivity index (χ0v) is 8.27. The monoisotopic (exact) mass is 189 g/mol. The van der Waals surface area contributed by atoms with Crippen LogP contribution in [0.5, 0.6) is 0 Å². The van der Waals surface area contributed by atoms with E-state index in [0.717, 1.165) is 10.9 Å². The first-order valence-corrected chi connectivity index (χ1v) is 4.57. The second-order valence-electron chi connectivity index (χ2n) is 2.80. The molecular weight excluding hydrogens is 174 g/mol. The van der Waals surface area contributed by atoms with E-state index in [-0.39, 0.29) is 6.61 Å². The SMILES string of the molecule is CN.OCc1cccc2ccccc12. The fourth-order valence-corrected chi connectivity index (χ4v) is 1.43. The molecule has 0 saturated heterocycles. The third-order valence-electron chi connectivity index (χ3n) is 2.05. The Kier molecular flexibility index (Phi) is 4.11. The predicted octanol–water partition coefficient (Wildman–Crippen LogP) is 1.91. The Morgan fingerprint density at radius 2 is 1.64 bits per heavy atom. The van der Waals surface area contributed by atoms with Crippen molar-refractivity contribution in [3.05, 3.63) is 48.0 Å². The molecular formula is C12H15NO. The van der Waals surface area contributed by atoms with Gasteiger partial charge in [0, 0.05) is 0 Å². The van der Waals surface area contributed by atoms with E-state index in [4.69, 9.17) is 5.11 Å². The first-order chi connectivity index (χ1) is 6.92. The number of nitrogens with two attached hydrogens (primary N) is 1. The highest BCUT2D eigenvalue weighted by Crippen LogP contribution is 2.17. The molecule has 14 heavy (non-hydrogen) atoms. The molecule has 2 nitrogen and oxygen atoms in total. The van der Waals surface area contributed by atoms with Crippen molar-refractivity contribution in [2.45, 2.75) is 6.61 Å². The molecule has 0 spiro atoms. The Hall–Kier alpha value is -1.38. The average Bonchev–Trinajstić information content (AvgIpc) is 2.31. The van der Waals surface area contributed by atoms with Gasteiger partial charge in [0.2, 0.25) is 0 Å². The van der Waals surface area contributed by atoms with Gasteiger partial charge in [-0.3, -0.25) is 0 Å². The predicted molar refractivity (Wildman–Crippen MR) is 60.0 cm³/mol. The fourth-order valence-electron chi connectivity index (χ4n) is 1.43. The quantitative estimate of drug-likeness (QED) is 0.719. The van der Waals surface area contributed by atoms with Crippen molar-refractivity contribution in [2.24, 2.45) is 5.73 Å². The van der Waals surface area contributed by atoms with Gasteiger partial charge in [0.1, 0.15) is 0 Å². The summed E-state index contributed by atoms with van der Waals surface area (Å²) in [6.07, 6.45) is 0. The molecule has 0 radical (unpaired) electrons. The van der Waals surface area contributed by atoms with Crippen LogP contribution in [-0.2, 0) is 6.61 Å². The minimum Gasteiger partial charge on any atom is -0.392 e. The number of hydrogen-bond donors (Lipinski definition) is 2. The van der Waals surface area contributed by atoms with E-state index in [9.17, 15) is 0 Å². The van der Waals surface area contributed by atoms with Gasteiger partial charge in [-0.1, -0.05) is 42.5 Å². The molecule has 0 unspecified atom stereocenters. The number of benzene rings is 2. The number of hydrogen-bond acceptors (Lipinski definition) is 2. The lowest BCUT2D eigenvalue weighted by Gasteiger charge is -2.01. The molecule has 0 amide bonds. The van der Waals surface area contributed by atoms with Crippen LogP contribution in [-0.4, -0.2) is 12.2 Å². The number of aliphatic hydroxyl groups excluding tert-OH is 1. The summed E-state index contributed by atoms with van der Waals surface area (Å²) in [4.78, 5) is 0. The highest BCUT2D eigenvalue weighted by atomic mass is 16.3. The summed E-state index contributed by atoms with van der Waals surface area (Å²) in [7, 11) is 1.50. The third-order valence-corrected chi connectivity index (χ3v) is 2.05. The van der Waals surface area contributed by atoms with E-state index in [1.165, 1.54) is 12.4 Å². The molecule has 3 N–H and O–H groups in total. The highest BCUT2D eigenvalue weighted by molar-refractivity contribution is 5.85. The van der Waals surface area contributed by atoms with Crippen molar-refractivity contribution in [3.63, 3.8) is 0 Å². The van der Waals surface area contributed by atoms with Gasteiger partial charge in [-0.15, -0.1) is 0 Å². The largest absolute Gasteiger partial charge is 0.392 e. The minimum atomic E-state index is 0.112. The Bertz CT molecular complexity index is 393. The van der Waals surface area contributed by atoms with Gasteiger partial charge >= 0.3 is 0 Å². The van der Waals surface area contributed by atoms with Crippen molar-refractivity contribution >= 4 is 10.8 Å². The van der Waals surface area contributed by atoms with Crippen LogP contribution in [0.15, 0.2) is 42.5 Å². The van der Waals surface area contributed by atoms with Crippen LogP contribution in [0.3, 0.4) is 0 Å². The van der Waals surface area contributed by atoms with Crippen LogP contribution in [0, 0.1) is 0 Å².